The third-order valence-electron chi connectivity index (χ3n) is 4.62. The lowest BCUT2D eigenvalue weighted by Crippen LogP contribution is -2.49. The molecule has 3 atom stereocenters. The number of hydrogen-bond donors (Lipinski definition) is 0. The minimum absolute atomic E-state index is 0.0452. The third kappa shape index (κ3) is 3.20. The van der Waals surface area contributed by atoms with E-state index in [2.05, 4.69) is 5.16 Å². The van der Waals surface area contributed by atoms with Crippen molar-refractivity contribution in [3.8, 4) is 0 Å². The fourth-order valence-electron chi connectivity index (χ4n) is 3.39. The number of oxime groups is 1. The van der Waals surface area contributed by atoms with Gasteiger partial charge in [-0.1, -0.05) is 65.8 Å². The van der Waals surface area contributed by atoms with Crippen LogP contribution >= 0.6 is 0 Å². The summed E-state index contributed by atoms with van der Waals surface area (Å²) in [5.41, 5.74) is 2.10. The van der Waals surface area contributed by atoms with E-state index in [9.17, 15) is 4.79 Å². The van der Waals surface area contributed by atoms with E-state index >= 15 is 0 Å². The molecule has 4 rings (SSSR count). The predicted molar refractivity (Wildman–Crippen MR) is 98.2 cm³/mol. The van der Waals surface area contributed by atoms with Crippen molar-refractivity contribution in [2.45, 2.75) is 31.6 Å². The van der Waals surface area contributed by atoms with Crippen LogP contribution in [0, 0.1) is 0 Å². The molecule has 5 nitrogen and oxygen atoms in total. The first kappa shape index (κ1) is 16.4. The summed E-state index contributed by atoms with van der Waals surface area (Å²) in [7, 11) is 0. The first-order valence-corrected chi connectivity index (χ1v) is 8.68. The van der Waals surface area contributed by atoms with Crippen molar-refractivity contribution in [3.63, 3.8) is 0 Å². The second kappa shape index (κ2) is 7.04. The first-order valence-electron chi connectivity index (χ1n) is 8.68. The predicted octanol–water partition coefficient (Wildman–Crippen LogP) is 3.44. The third-order valence-corrected chi connectivity index (χ3v) is 4.62. The number of carbonyl (C=O) groups excluding carboxylic acids is 1. The minimum Gasteiger partial charge on any atom is -0.467 e. The summed E-state index contributed by atoms with van der Waals surface area (Å²) in [6.45, 7) is 1.55. The second-order valence-corrected chi connectivity index (χ2v) is 6.42. The van der Waals surface area contributed by atoms with Gasteiger partial charge in [-0.3, -0.25) is 4.79 Å². The molecule has 1 amide bonds. The Morgan fingerprint density at radius 3 is 2.46 bits per heavy atom. The maximum Gasteiger partial charge on any atom is 0.230 e. The van der Waals surface area contributed by atoms with Crippen molar-refractivity contribution < 1.29 is 14.4 Å². The average molecular weight is 348 g/mol. The second-order valence-electron chi connectivity index (χ2n) is 6.42. The molecule has 2 aliphatic heterocycles. The SMILES string of the molecule is CC(=O)N1C=C[C@H]2OC(Cc3ccccc3)=NO[C@H]2[C@@H]1c1ccccc1. The zero-order valence-corrected chi connectivity index (χ0v) is 14.5. The van der Waals surface area contributed by atoms with Gasteiger partial charge in [0.2, 0.25) is 11.8 Å². The van der Waals surface area contributed by atoms with Crippen LogP contribution in [0.3, 0.4) is 0 Å². The van der Waals surface area contributed by atoms with Crippen molar-refractivity contribution in [3.05, 3.63) is 84.1 Å². The Morgan fingerprint density at radius 2 is 1.77 bits per heavy atom. The smallest absolute Gasteiger partial charge is 0.230 e. The Labute approximate surface area is 152 Å². The Morgan fingerprint density at radius 1 is 1.08 bits per heavy atom. The average Bonchev–Trinajstić information content (AvgIpc) is 2.68. The summed E-state index contributed by atoms with van der Waals surface area (Å²) in [5.74, 6) is 0.501. The van der Waals surface area contributed by atoms with Gasteiger partial charge < -0.3 is 14.5 Å². The Balaban J connectivity index is 1.60. The lowest BCUT2D eigenvalue weighted by atomic mass is 9.93. The highest BCUT2D eigenvalue weighted by atomic mass is 16.7. The lowest BCUT2D eigenvalue weighted by Gasteiger charge is -2.41. The molecule has 2 aromatic rings. The Hall–Kier alpha value is -3.08. The fourth-order valence-corrected chi connectivity index (χ4v) is 3.39. The maximum absolute atomic E-state index is 12.1. The zero-order valence-electron chi connectivity index (χ0n) is 14.5. The summed E-state index contributed by atoms with van der Waals surface area (Å²) in [5, 5.41) is 4.20. The molecule has 0 fully saturated rings. The van der Waals surface area contributed by atoms with E-state index in [1.54, 1.807) is 18.0 Å². The number of hydrogen-bond acceptors (Lipinski definition) is 4. The lowest BCUT2D eigenvalue weighted by molar-refractivity contribution is -0.138. The number of benzene rings is 2. The number of amides is 1. The van der Waals surface area contributed by atoms with Gasteiger partial charge in [0.1, 0.15) is 6.04 Å². The van der Waals surface area contributed by atoms with Crippen LogP contribution in [0.4, 0.5) is 0 Å². The van der Waals surface area contributed by atoms with Crippen molar-refractivity contribution >= 4 is 11.8 Å². The monoisotopic (exact) mass is 348 g/mol. The van der Waals surface area contributed by atoms with E-state index < -0.39 is 0 Å². The molecule has 0 radical (unpaired) electrons. The van der Waals surface area contributed by atoms with Crippen LogP contribution in [0.1, 0.15) is 24.1 Å². The van der Waals surface area contributed by atoms with Crippen LogP contribution in [-0.4, -0.2) is 28.9 Å². The molecule has 5 heteroatoms. The molecule has 2 aliphatic rings. The number of fused-ring (bicyclic) bond motifs is 1. The molecule has 0 saturated heterocycles. The van der Waals surface area contributed by atoms with Crippen molar-refractivity contribution in [2.75, 3.05) is 0 Å². The maximum atomic E-state index is 12.1. The van der Waals surface area contributed by atoms with Crippen LogP contribution in [0.5, 0.6) is 0 Å². The van der Waals surface area contributed by atoms with Gasteiger partial charge in [0.15, 0.2) is 12.2 Å². The largest absolute Gasteiger partial charge is 0.467 e. The molecule has 0 saturated carbocycles. The van der Waals surface area contributed by atoms with Crippen LogP contribution in [-0.2, 0) is 20.8 Å². The molecule has 0 aliphatic carbocycles. The molecule has 0 unspecified atom stereocenters. The van der Waals surface area contributed by atoms with E-state index in [1.165, 1.54) is 0 Å². The van der Waals surface area contributed by atoms with Gasteiger partial charge in [-0.05, 0) is 17.2 Å². The molecule has 132 valence electrons. The Kier molecular flexibility index (Phi) is 4.44. The summed E-state index contributed by atoms with van der Waals surface area (Å²) in [6, 6.07) is 19.6. The molecule has 0 spiro atoms. The quantitative estimate of drug-likeness (QED) is 0.854. The number of carbonyl (C=O) groups is 1. The van der Waals surface area contributed by atoms with Crippen molar-refractivity contribution in [1.29, 1.82) is 0 Å². The van der Waals surface area contributed by atoms with E-state index in [4.69, 9.17) is 9.57 Å². The van der Waals surface area contributed by atoms with E-state index in [-0.39, 0.29) is 24.2 Å². The highest BCUT2D eigenvalue weighted by molar-refractivity contribution is 5.79. The number of ether oxygens (including phenoxy) is 1. The molecule has 26 heavy (non-hydrogen) atoms. The summed E-state index contributed by atoms with van der Waals surface area (Å²) >= 11 is 0. The molecule has 2 heterocycles. The van der Waals surface area contributed by atoms with Gasteiger partial charge >= 0.3 is 0 Å². The van der Waals surface area contributed by atoms with Gasteiger partial charge in [-0.25, -0.2) is 0 Å². The topological polar surface area (TPSA) is 51.1 Å². The zero-order chi connectivity index (χ0) is 17.9. The first-order chi connectivity index (χ1) is 12.7. The normalized spacial score (nSPS) is 24.1. The molecule has 2 aromatic carbocycles. The van der Waals surface area contributed by atoms with Crippen LogP contribution < -0.4 is 0 Å². The Bertz CT molecular complexity index is 833. The molecule has 0 bridgehead atoms. The van der Waals surface area contributed by atoms with Crippen molar-refractivity contribution in [2.24, 2.45) is 5.16 Å². The number of rotatable bonds is 3. The van der Waals surface area contributed by atoms with Gasteiger partial charge in [-0.2, -0.15) is 0 Å². The molecular weight excluding hydrogens is 328 g/mol. The van der Waals surface area contributed by atoms with E-state index in [0.717, 1.165) is 11.1 Å². The molecule has 0 N–H and O–H groups in total. The highest BCUT2D eigenvalue weighted by Crippen LogP contribution is 2.35. The van der Waals surface area contributed by atoms with Gasteiger partial charge in [0.25, 0.3) is 0 Å². The van der Waals surface area contributed by atoms with Crippen LogP contribution in [0.2, 0.25) is 0 Å². The number of nitrogens with zero attached hydrogens (tertiary/aromatic N) is 2. The summed E-state index contributed by atoms with van der Waals surface area (Å²) in [6.07, 6.45) is 3.56. The minimum atomic E-state index is -0.383. The van der Waals surface area contributed by atoms with Gasteiger partial charge in [-0.15, -0.1) is 0 Å². The van der Waals surface area contributed by atoms with Crippen LogP contribution in [0.15, 0.2) is 78.1 Å². The highest BCUT2D eigenvalue weighted by Gasteiger charge is 2.43. The summed E-state index contributed by atoms with van der Waals surface area (Å²) < 4.78 is 6.07. The van der Waals surface area contributed by atoms with E-state index in [1.807, 2.05) is 66.7 Å². The fraction of sp³-hybridized carbons (Fsp3) is 0.238. The molecular formula is C21H20N2O3. The van der Waals surface area contributed by atoms with Crippen LogP contribution in [0.25, 0.3) is 0 Å². The van der Waals surface area contributed by atoms with E-state index in [0.29, 0.717) is 12.3 Å². The summed E-state index contributed by atoms with van der Waals surface area (Å²) in [4.78, 5) is 19.6. The standard InChI is InChI=1S/C21H20N2O3/c1-15(24)23-13-12-18-21(20(23)17-10-6-3-7-11-17)26-22-19(25-18)14-16-8-4-2-5-9-16/h2-13,18,20-21H,14H2,1H3/t18-,20+,21-/m1/s1. The molecule has 0 aromatic heterocycles. The van der Waals surface area contributed by atoms with Gasteiger partial charge in [0, 0.05) is 13.1 Å². The van der Waals surface area contributed by atoms with Gasteiger partial charge in [0.05, 0.1) is 6.42 Å². The van der Waals surface area contributed by atoms with Crippen molar-refractivity contribution in [1.82, 2.24) is 4.90 Å².